The minimum atomic E-state index is 0.276. The molecule has 82 valence electrons. The van der Waals surface area contributed by atoms with Crippen molar-refractivity contribution in [2.75, 3.05) is 32.8 Å². The molecule has 0 aromatic heterocycles. The lowest BCUT2D eigenvalue weighted by Gasteiger charge is -2.47. The monoisotopic (exact) mass is 198 g/mol. The lowest BCUT2D eigenvalue weighted by Crippen LogP contribution is -2.58. The third kappa shape index (κ3) is 1.95. The van der Waals surface area contributed by atoms with E-state index in [4.69, 9.17) is 10.5 Å². The molecule has 3 nitrogen and oxygen atoms in total. The maximum absolute atomic E-state index is 5.97. The molecular weight excluding hydrogens is 176 g/mol. The second kappa shape index (κ2) is 4.60. The van der Waals surface area contributed by atoms with Gasteiger partial charge in [0.1, 0.15) is 0 Å². The van der Waals surface area contributed by atoms with Gasteiger partial charge in [-0.1, -0.05) is 6.42 Å². The predicted octanol–water partition coefficient (Wildman–Crippen LogP) is 0.980. The van der Waals surface area contributed by atoms with Crippen molar-refractivity contribution >= 4 is 0 Å². The molecule has 0 amide bonds. The molecule has 2 aliphatic rings. The maximum atomic E-state index is 5.97. The molecule has 2 saturated heterocycles. The van der Waals surface area contributed by atoms with Gasteiger partial charge >= 0.3 is 0 Å². The van der Waals surface area contributed by atoms with Crippen molar-refractivity contribution < 1.29 is 4.74 Å². The molecule has 2 fully saturated rings. The van der Waals surface area contributed by atoms with Crippen LogP contribution in [0.15, 0.2) is 0 Å². The molecule has 2 N–H and O–H groups in total. The zero-order valence-electron chi connectivity index (χ0n) is 9.00. The maximum Gasteiger partial charge on any atom is 0.0484 e. The summed E-state index contributed by atoms with van der Waals surface area (Å²) < 4.78 is 5.44. The quantitative estimate of drug-likeness (QED) is 0.719. The predicted molar refractivity (Wildman–Crippen MR) is 57.3 cm³/mol. The van der Waals surface area contributed by atoms with Crippen molar-refractivity contribution in [1.82, 2.24) is 4.90 Å². The molecule has 0 saturated carbocycles. The molecule has 0 atom stereocenters. The molecule has 3 heteroatoms. The van der Waals surface area contributed by atoms with E-state index >= 15 is 0 Å². The van der Waals surface area contributed by atoms with Crippen molar-refractivity contribution in [3.8, 4) is 0 Å². The Morgan fingerprint density at radius 1 is 1.07 bits per heavy atom. The summed E-state index contributed by atoms with van der Waals surface area (Å²) in [5, 5.41) is 0. The topological polar surface area (TPSA) is 38.5 Å². The summed E-state index contributed by atoms with van der Waals surface area (Å²) >= 11 is 0. The lowest BCUT2D eigenvalue weighted by molar-refractivity contribution is -0.0314. The fourth-order valence-corrected chi connectivity index (χ4v) is 2.77. The van der Waals surface area contributed by atoms with E-state index in [1.54, 1.807) is 0 Å². The summed E-state index contributed by atoms with van der Waals surface area (Å²) in [7, 11) is 0. The van der Waals surface area contributed by atoms with Crippen LogP contribution >= 0.6 is 0 Å². The first-order chi connectivity index (χ1) is 6.87. The highest BCUT2D eigenvalue weighted by Gasteiger charge is 2.37. The highest BCUT2D eigenvalue weighted by Crippen LogP contribution is 2.29. The summed E-state index contributed by atoms with van der Waals surface area (Å²) in [6.07, 6.45) is 6.35. The molecule has 0 bridgehead atoms. The van der Waals surface area contributed by atoms with Crippen molar-refractivity contribution in [2.45, 2.75) is 37.6 Å². The Kier molecular flexibility index (Phi) is 3.42. The first kappa shape index (κ1) is 10.4. The number of likely N-dealkylation sites (tertiary alicyclic amines) is 1. The minimum absolute atomic E-state index is 0.276. The molecule has 2 aliphatic heterocycles. The largest absolute Gasteiger partial charge is 0.381 e. The second-order valence-electron chi connectivity index (χ2n) is 4.59. The van der Waals surface area contributed by atoms with Crippen LogP contribution in [0, 0.1) is 0 Å². The van der Waals surface area contributed by atoms with Crippen LogP contribution in [-0.4, -0.2) is 43.3 Å². The van der Waals surface area contributed by atoms with Crippen LogP contribution in [0.3, 0.4) is 0 Å². The summed E-state index contributed by atoms with van der Waals surface area (Å²) in [6.45, 7) is 5.09. The molecular formula is C11H22N2O. The first-order valence-corrected chi connectivity index (χ1v) is 5.90. The average Bonchev–Trinajstić information content (AvgIpc) is 2.31. The molecule has 0 radical (unpaired) electrons. The Hall–Kier alpha value is -0.120. The molecule has 2 rings (SSSR count). The van der Waals surface area contributed by atoms with Crippen LogP contribution in [0.2, 0.25) is 0 Å². The normalized spacial score (nSPS) is 28.9. The number of piperidine rings is 1. The van der Waals surface area contributed by atoms with Crippen LogP contribution in [-0.2, 0) is 4.74 Å². The Morgan fingerprint density at radius 2 is 1.71 bits per heavy atom. The van der Waals surface area contributed by atoms with Gasteiger partial charge in [-0.25, -0.2) is 0 Å². The van der Waals surface area contributed by atoms with Crippen molar-refractivity contribution in [1.29, 1.82) is 0 Å². The number of rotatable bonds is 2. The van der Waals surface area contributed by atoms with E-state index in [9.17, 15) is 0 Å². The molecule has 0 spiro atoms. The van der Waals surface area contributed by atoms with Gasteiger partial charge in [-0.2, -0.15) is 0 Å². The van der Waals surface area contributed by atoms with Gasteiger partial charge in [-0.15, -0.1) is 0 Å². The standard InChI is InChI=1S/C11H22N2O/c12-10-11(4-8-14-9-5-11)13-6-2-1-3-7-13/h1-10,12H2. The average molecular weight is 198 g/mol. The number of hydrogen-bond donors (Lipinski definition) is 1. The third-order valence-corrected chi connectivity index (χ3v) is 3.83. The molecule has 2 heterocycles. The van der Waals surface area contributed by atoms with Crippen LogP contribution in [0.25, 0.3) is 0 Å². The number of hydrogen-bond acceptors (Lipinski definition) is 3. The highest BCUT2D eigenvalue weighted by atomic mass is 16.5. The number of ether oxygens (including phenoxy) is 1. The summed E-state index contributed by atoms with van der Waals surface area (Å²) in [6, 6.07) is 0. The van der Waals surface area contributed by atoms with E-state index in [2.05, 4.69) is 4.90 Å². The second-order valence-corrected chi connectivity index (χ2v) is 4.59. The van der Waals surface area contributed by atoms with E-state index in [1.807, 2.05) is 0 Å². The number of nitrogens with zero attached hydrogens (tertiary/aromatic N) is 1. The van der Waals surface area contributed by atoms with Gasteiger partial charge in [0, 0.05) is 25.3 Å². The van der Waals surface area contributed by atoms with Crippen molar-refractivity contribution in [3.05, 3.63) is 0 Å². The van der Waals surface area contributed by atoms with E-state index in [-0.39, 0.29) is 5.54 Å². The fourth-order valence-electron chi connectivity index (χ4n) is 2.77. The third-order valence-electron chi connectivity index (χ3n) is 3.83. The zero-order valence-corrected chi connectivity index (χ0v) is 9.00. The molecule has 14 heavy (non-hydrogen) atoms. The van der Waals surface area contributed by atoms with Gasteiger partial charge in [-0.3, -0.25) is 4.90 Å². The van der Waals surface area contributed by atoms with Crippen LogP contribution < -0.4 is 5.73 Å². The zero-order chi connectivity index (χ0) is 9.86. The highest BCUT2D eigenvalue weighted by molar-refractivity contribution is 4.94. The molecule has 0 aromatic carbocycles. The van der Waals surface area contributed by atoms with Crippen molar-refractivity contribution in [2.24, 2.45) is 5.73 Å². The van der Waals surface area contributed by atoms with Gasteiger partial charge in [0.2, 0.25) is 0 Å². The van der Waals surface area contributed by atoms with Crippen LogP contribution in [0.1, 0.15) is 32.1 Å². The van der Waals surface area contributed by atoms with E-state index in [0.717, 1.165) is 32.6 Å². The summed E-state index contributed by atoms with van der Waals surface area (Å²) in [5.74, 6) is 0. The first-order valence-electron chi connectivity index (χ1n) is 5.90. The fraction of sp³-hybridized carbons (Fsp3) is 1.00. The summed E-state index contributed by atoms with van der Waals surface area (Å²) in [4.78, 5) is 2.62. The van der Waals surface area contributed by atoms with Crippen LogP contribution in [0.4, 0.5) is 0 Å². The SMILES string of the molecule is NCC1(N2CCCCC2)CCOCC1. The molecule has 0 aromatic rings. The molecule has 0 aliphatic carbocycles. The number of nitrogens with two attached hydrogens (primary N) is 1. The van der Waals surface area contributed by atoms with E-state index < -0.39 is 0 Å². The lowest BCUT2D eigenvalue weighted by atomic mass is 9.86. The van der Waals surface area contributed by atoms with Crippen LogP contribution in [0.5, 0.6) is 0 Å². The van der Waals surface area contributed by atoms with Gasteiger partial charge in [0.25, 0.3) is 0 Å². The smallest absolute Gasteiger partial charge is 0.0484 e. The summed E-state index contributed by atoms with van der Waals surface area (Å²) in [5.41, 5.74) is 6.25. The van der Waals surface area contributed by atoms with Gasteiger partial charge in [0.05, 0.1) is 0 Å². The minimum Gasteiger partial charge on any atom is -0.381 e. The van der Waals surface area contributed by atoms with Crippen molar-refractivity contribution in [3.63, 3.8) is 0 Å². The Labute approximate surface area is 86.6 Å². The molecule has 0 unspecified atom stereocenters. The Bertz CT molecular complexity index is 172. The van der Waals surface area contributed by atoms with E-state index in [0.29, 0.717) is 0 Å². The van der Waals surface area contributed by atoms with E-state index in [1.165, 1.54) is 32.4 Å². The van der Waals surface area contributed by atoms with Gasteiger partial charge < -0.3 is 10.5 Å². The Balaban J connectivity index is 2.01. The van der Waals surface area contributed by atoms with Gasteiger partial charge in [-0.05, 0) is 38.8 Å². The van der Waals surface area contributed by atoms with Gasteiger partial charge in [0.15, 0.2) is 0 Å². The Morgan fingerprint density at radius 3 is 2.29 bits per heavy atom.